The Morgan fingerprint density at radius 1 is 1.00 bits per heavy atom. The van der Waals surface area contributed by atoms with Gasteiger partial charge in [0.05, 0.1) is 34.8 Å². The number of carbonyl (C=O) groups excluding carboxylic acids is 4. The Bertz CT molecular complexity index is 1300. The van der Waals surface area contributed by atoms with Gasteiger partial charge in [0.2, 0.25) is 11.8 Å². The van der Waals surface area contributed by atoms with Crippen LogP contribution in [0.5, 0.6) is 0 Å². The zero-order valence-electron chi connectivity index (χ0n) is 19.0. The number of hydrogen-bond donors (Lipinski definition) is 2. The third-order valence-electron chi connectivity index (χ3n) is 8.39. The molecule has 0 spiro atoms. The molecule has 6 rings (SSSR count). The summed E-state index contributed by atoms with van der Waals surface area (Å²) in [6, 6.07) is 12.0. The van der Waals surface area contributed by atoms with Crippen LogP contribution in [0, 0.1) is 29.1 Å². The van der Waals surface area contributed by atoms with Crippen molar-refractivity contribution in [2.75, 3.05) is 4.90 Å². The summed E-state index contributed by atoms with van der Waals surface area (Å²) in [5.74, 6) is -4.74. The third-order valence-corrected chi connectivity index (χ3v) is 8.39. The number of nitrogens with zero attached hydrogens (tertiary/aromatic N) is 2. The monoisotopic (exact) mass is 476 g/mol. The first-order chi connectivity index (χ1) is 16.8. The fourth-order valence-electron chi connectivity index (χ4n) is 6.76. The molecule has 3 fully saturated rings. The molecule has 35 heavy (non-hydrogen) atoms. The second-order valence-electron chi connectivity index (χ2n) is 9.95. The highest BCUT2D eigenvalue weighted by atomic mass is 16.5. The number of hydroxylamine groups is 2. The van der Waals surface area contributed by atoms with E-state index in [0.717, 1.165) is 5.57 Å². The van der Waals surface area contributed by atoms with Gasteiger partial charge in [-0.25, -0.2) is 4.90 Å². The molecule has 2 aliphatic carbocycles. The highest BCUT2D eigenvalue weighted by Crippen LogP contribution is 2.63. The summed E-state index contributed by atoms with van der Waals surface area (Å²) in [7, 11) is 0. The van der Waals surface area contributed by atoms with Crippen LogP contribution >= 0.6 is 0 Å². The maximum absolute atomic E-state index is 14.0. The fraction of sp³-hybridized carbons (Fsp3) is 0.385. The smallest absolute Gasteiger partial charge is 0.257 e. The molecule has 2 N–H and O–H groups in total. The average Bonchev–Trinajstić information content (AvgIpc) is 3.48. The van der Waals surface area contributed by atoms with Crippen LogP contribution in [0.25, 0.3) is 0 Å². The van der Waals surface area contributed by atoms with Gasteiger partial charge in [0, 0.05) is 0 Å². The molecule has 6 unspecified atom stereocenters. The number of anilines is 1. The predicted molar refractivity (Wildman–Crippen MR) is 119 cm³/mol. The molecule has 2 aromatic rings. The highest BCUT2D eigenvalue weighted by molar-refractivity contribution is 6.24. The van der Waals surface area contributed by atoms with Gasteiger partial charge in [-0.05, 0) is 49.9 Å². The number of para-hydroxylation sites is 1. The molecule has 2 saturated heterocycles. The predicted octanol–water partition coefficient (Wildman–Crippen LogP) is 2.39. The fourth-order valence-corrected chi connectivity index (χ4v) is 6.76. The minimum atomic E-state index is -1.20. The molecule has 0 bridgehead atoms. The van der Waals surface area contributed by atoms with Gasteiger partial charge in [-0.2, -0.15) is 5.06 Å². The summed E-state index contributed by atoms with van der Waals surface area (Å²) in [5.41, 5.74) is 0.0317. The van der Waals surface area contributed by atoms with E-state index in [1.165, 1.54) is 4.90 Å². The van der Waals surface area contributed by atoms with Crippen molar-refractivity contribution < 1.29 is 33.9 Å². The Labute approximate surface area is 200 Å². The van der Waals surface area contributed by atoms with Gasteiger partial charge in [0.1, 0.15) is 18.1 Å². The standard InChI is InChI=1S/C26H24N2O7/c1-26-18(23(31)27(25(26)33)13-5-3-2-4-6-13)11-17-15(21(26)19-10-7-14(12-29)35-19)8-9-16-20(17)24(32)28(34)22(16)30/h2-8,10,16-18,20-21,29,34H,9,11-12H2,1H3. The lowest BCUT2D eigenvalue weighted by molar-refractivity contribution is -0.173. The van der Waals surface area contributed by atoms with Gasteiger partial charge in [-0.1, -0.05) is 29.8 Å². The van der Waals surface area contributed by atoms with Crippen LogP contribution in [0.4, 0.5) is 5.69 Å². The summed E-state index contributed by atoms with van der Waals surface area (Å²) >= 11 is 0. The Kier molecular flexibility index (Phi) is 4.68. The molecule has 2 aliphatic heterocycles. The highest BCUT2D eigenvalue weighted by Gasteiger charge is 2.68. The van der Waals surface area contributed by atoms with Gasteiger partial charge in [0.15, 0.2) is 0 Å². The number of fused-ring (bicyclic) bond motifs is 4. The quantitative estimate of drug-likeness (QED) is 0.395. The number of carbonyl (C=O) groups is 4. The first-order valence-corrected chi connectivity index (χ1v) is 11.7. The molecule has 9 heteroatoms. The van der Waals surface area contributed by atoms with Crippen molar-refractivity contribution >= 4 is 29.3 Å². The average molecular weight is 476 g/mol. The molecule has 180 valence electrons. The number of amides is 4. The van der Waals surface area contributed by atoms with E-state index in [2.05, 4.69) is 0 Å². The summed E-state index contributed by atoms with van der Waals surface area (Å²) in [5, 5.41) is 19.8. The van der Waals surface area contributed by atoms with E-state index in [1.54, 1.807) is 49.4 Å². The van der Waals surface area contributed by atoms with E-state index < -0.39 is 46.8 Å². The first kappa shape index (κ1) is 21.9. The van der Waals surface area contributed by atoms with E-state index in [0.29, 0.717) is 17.2 Å². The molecule has 4 amide bonds. The van der Waals surface area contributed by atoms with Crippen molar-refractivity contribution in [3.8, 4) is 0 Å². The van der Waals surface area contributed by atoms with Crippen LogP contribution in [-0.2, 0) is 25.8 Å². The lowest BCUT2D eigenvalue weighted by Gasteiger charge is -2.47. The Morgan fingerprint density at radius 3 is 2.43 bits per heavy atom. The number of allylic oxidation sites excluding steroid dienone is 2. The molecule has 9 nitrogen and oxygen atoms in total. The van der Waals surface area contributed by atoms with Gasteiger partial charge in [0.25, 0.3) is 11.8 Å². The molecule has 1 aromatic carbocycles. The molecule has 1 aromatic heterocycles. The second-order valence-corrected chi connectivity index (χ2v) is 9.95. The molecule has 3 heterocycles. The maximum atomic E-state index is 14.0. The summed E-state index contributed by atoms with van der Waals surface area (Å²) in [4.78, 5) is 54.4. The number of hydrogen-bond acceptors (Lipinski definition) is 7. The van der Waals surface area contributed by atoms with E-state index in [4.69, 9.17) is 4.42 Å². The lowest BCUT2D eigenvalue weighted by Crippen LogP contribution is -2.48. The number of imide groups is 2. The lowest BCUT2D eigenvalue weighted by atomic mass is 9.52. The van der Waals surface area contributed by atoms with E-state index in [-0.39, 0.29) is 36.3 Å². The Balaban J connectivity index is 1.53. The van der Waals surface area contributed by atoms with Gasteiger partial charge in [-0.15, -0.1) is 0 Å². The molecule has 1 saturated carbocycles. The number of benzene rings is 1. The van der Waals surface area contributed by atoms with Crippen molar-refractivity contribution in [3.63, 3.8) is 0 Å². The van der Waals surface area contributed by atoms with Crippen LogP contribution in [0.15, 0.2) is 58.5 Å². The largest absolute Gasteiger partial charge is 0.463 e. The van der Waals surface area contributed by atoms with Crippen LogP contribution in [-0.4, -0.2) is 39.0 Å². The number of furan rings is 1. The van der Waals surface area contributed by atoms with Crippen molar-refractivity contribution in [1.82, 2.24) is 5.06 Å². The zero-order valence-corrected chi connectivity index (χ0v) is 19.0. The van der Waals surface area contributed by atoms with Crippen LogP contribution in [0.1, 0.15) is 37.2 Å². The summed E-state index contributed by atoms with van der Waals surface area (Å²) in [6.07, 6.45) is 2.31. The van der Waals surface area contributed by atoms with Crippen molar-refractivity contribution in [2.24, 2.45) is 29.1 Å². The SMILES string of the molecule is CC12C(=O)N(c3ccccc3)C(=O)C1CC1C(=CCC3C(=O)N(O)C(=O)C31)C2c1ccc(CO)o1. The normalized spacial score (nSPS) is 34.1. The Hall–Kier alpha value is -3.56. The van der Waals surface area contributed by atoms with Crippen molar-refractivity contribution in [2.45, 2.75) is 32.3 Å². The van der Waals surface area contributed by atoms with E-state index >= 15 is 0 Å². The minimum Gasteiger partial charge on any atom is -0.463 e. The topological polar surface area (TPSA) is 128 Å². The van der Waals surface area contributed by atoms with E-state index in [9.17, 15) is 29.5 Å². The number of aliphatic hydroxyl groups is 1. The number of rotatable bonds is 3. The maximum Gasteiger partial charge on any atom is 0.257 e. The molecule has 4 aliphatic rings. The summed E-state index contributed by atoms with van der Waals surface area (Å²) in [6.45, 7) is 1.44. The third kappa shape index (κ3) is 2.76. The Morgan fingerprint density at radius 2 is 1.74 bits per heavy atom. The molecule has 6 atom stereocenters. The van der Waals surface area contributed by atoms with Gasteiger partial charge >= 0.3 is 0 Å². The molecular formula is C26H24N2O7. The van der Waals surface area contributed by atoms with Crippen LogP contribution in [0.3, 0.4) is 0 Å². The second kappa shape index (κ2) is 7.47. The van der Waals surface area contributed by atoms with Gasteiger partial charge in [-0.3, -0.25) is 24.4 Å². The molecular weight excluding hydrogens is 452 g/mol. The van der Waals surface area contributed by atoms with Crippen molar-refractivity contribution in [3.05, 3.63) is 65.6 Å². The van der Waals surface area contributed by atoms with E-state index in [1.807, 2.05) is 6.08 Å². The summed E-state index contributed by atoms with van der Waals surface area (Å²) < 4.78 is 5.92. The van der Waals surface area contributed by atoms with Crippen LogP contribution in [0.2, 0.25) is 0 Å². The van der Waals surface area contributed by atoms with Crippen molar-refractivity contribution in [1.29, 1.82) is 0 Å². The first-order valence-electron chi connectivity index (χ1n) is 11.7. The zero-order chi connectivity index (χ0) is 24.6. The minimum absolute atomic E-state index is 0.198. The molecule has 0 radical (unpaired) electrons. The van der Waals surface area contributed by atoms with Gasteiger partial charge < -0.3 is 9.52 Å². The van der Waals surface area contributed by atoms with Crippen LogP contribution < -0.4 is 4.90 Å². The number of aliphatic hydroxyl groups excluding tert-OH is 1.